The Morgan fingerprint density at radius 2 is 2.06 bits per heavy atom. The van der Waals surface area contributed by atoms with E-state index in [-0.39, 0.29) is 0 Å². The highest BCUT2D eigenvalue weighted by Crippen LogP contribution is 2.29. The first kappa shape index (κ1) is 12.3. The lowest BCUT2D eigenvalue weighted by Crippen LogP contribution is -2.48. The SMILES string of the molecule is CC1CCCNC1CNS(=O)(=O)CC1CC1. The maximum Gasteiger partial charge on any atom is 0.211 e. The number of piperidine rings is 1. The summed E-state index contributed by atoms with van der Waals surface area (Å²) in [4.78, 5) is 0. The van der Waals surface area contributed by atoms with E-state index in [1.54, 1.807) is 0 Å². The van der Waals surface area contributed by atoms with Gasteiger partial charge in [0.25, 0.3) is 0 Å². The summed E-state index contributed by atoms with van der Waals surface area (Å²) in [6, 6.07) is 0.308. The van der Waals surface area contributed by atoms with Crippen molar-refractivity contribution in [2.24, 2.45) is 11.8 Å². The summed E-state index contributed by atoms with van der Waals surface area (Å²) in [5.41, 5.74) is 0. The molecule has 2 N–H and O–H groups in total. The van der Waals surface area contributed by atoms with Gasteiger partial charge in [-0.2, -0.15) is 0 Å². The van der Waals surface area contributed by atoms with E-state index in [1.165, 1.54) is 12.8 Å². The van der Waals surface area contributed by atoms with Crippen molar-refractivity contribution in [3.63, 3.8) is 0 Å². The Balaban J connectivity index is 1.76. The van der Waals surface area contributed by atoms with Crippen LogP contribution in [0.3, 0.4) is 0 Å². The van der Waals surface area contributed by atoms with Crippen molar-refractivity contribution < 1.29 is 8.42 Å². The van der Waals surface area contributed by atoms with E-state index in [9.17, 15) is 8.42 Å². The second-order valence-electron chi connectivity index (χ2n) is 5.25. The first-order chi connectivity index (χ1) is 7.57. The molecule has 16 heavy (non-hydrogen) atoms. The summed E-state index contributed by atoms with van der Waals surface area (Å²) in [5, 5.41) is 3.38. The highest BCUT2D eigenvalue weighted by Gasteiger charge is 2.29. The number of hydrogen-bond acceptors (Lipinski definition) is 3. The molecule has 1 aliphatic carbocycles. The van der Waals surface area contributed by atoms with E-state index < -0.39 is 10.0 Å². The zero-order valence-electron chi connectivity index (χ0n) is 9.91. The quantitative estimate of drug-likeness (QED) is 0.751. The fourth-order valence-electron chi connectivity index (χ4n) is 2.26. The molecule has 2 fully saturated rings. The van der Waals surface area contributed by atoms with E-state index in [0.717, 1.165) is 19.4 Å². The highest BCUT2D eigenvalue weighted by atomic mass is 32.2. The molecule has 2 aliphatic rings. The normalized spacial score (nSPS) is 31.6. The molecule has 1 saturated heterocycles. The van der Waals surface area contributed by atoms with E-state index in [4.69, 9.17) is 0 Å². The minimum Gasteiger partial charge on any atom is -0.312 e. The van der Waals surface area contributed by atoms with Gasteiger partial charge in [-0.15, -0.1) is 0 Å². The van der Waals surface area contributed by atoms with E-state index >= 15 is 0 Å². The molecular weight excluding hydrogens is 224 g/mol. The summed E-state index contributed by atoms with van der Waals surface area (Å²) in [7, 11) is -3.03. The number of rotatable bonds is 5. The molecule has 1 heterocycles. The summed E-state index contributed by atoms with van der Waals surface area (Å²) >= 11 is 0. The predicted molar refractivity (Wildman–Crippen MR) is 64.7 cm³/mol. The topological polar surface area (TPSA) is 58.2 Å². The van der Waals surface area contributed by atoms with Crippen LogP contribution in [0.25, 0.3) is 0 Å². The third kappa shape index (κ3) is 3.71. The molecule has 0 bridgehead atoms. The molecule has 2 atom stereocenters. The lowest BCUT2D eigenvalue weighted by atomic mass is 9.93. The van der Waals surface area contributed by atoms with Gasteiger partial charge in [-0.3, -0.25) is 0 Å². The molecule has 0 aromatic heterocycles. The third-order valence-electron chi connectivity index (χ3n) is 3.60. The van der Waals surface area contributed by atoms with Crippen molar-refractivity contribution in [1.29, 1.82) is 0 Å². The third-order valence-corrected chi connectivity index (χ3v) is 5.12. The maximum atomic E-state index is 11.7. The molecule has 0 aromatic carbocycles. The molecule has 0 amide bonds. The van der Waals surface area contributed by atoms with Crippen LogP contribution in [-0.4, -0.2) is 33.3 Å². The second kappa shape index (κ2) is 5.02. The number of nitrogens with one attached hydrogen (secondary N) is 2. The van der Waals surface area contributed by atoms with Crippen LogP contribution >= 0.6 is 0 Å². The van der Waals surface area contributed by atoms with Crippen LogP contribution in [0, 0.1) is 11.8 Å². The Kier molecular flexibility index (Phi) is 3.87. The average Bonchev–Trinajstić information content (AvgIpc) is 3.00. The molecule has 0 spiro atoms. The van der Waals surface area contributed by atoms with Crippen LogP contribution in [-0.2, 0) is 10.0 Å². The molecular formula is C11H22N2O2S. The maximum absolute atomic E-state index is 11.7. The molecule has 0 aromatic rings. The summed E-state index contributed by atoms with van der Waals surface area (Å²) in [5.74, 6) is 1.32. The van der Waals surface area contributed by atoms with Crippen LogP contribution in [0.1, 0.15) is 32.6 Å². The fraction of sp³-hybridized carbons (Fsp3) is 1.00. The summed E-state index contributed by atoms with van der Waals surface area (Å²) < 4.78 is 26.1. The monoisotopic (exact) mass is 246 g/mol. The average molecular weight is 246 g/mol. The molecule has 0 radical (unpaired) electrons. The van der Waals surface area contributed by atoms with Crippen molar-refractivity contribution >= 4 is 10.0 Å². The van der Waals surface area contributed by atoms with Crippen LogP contribution in [0.15, 0.2) is 0 Å². The molecule has 94 valence electrons. The van der Waals surface area contributed by atoms with Gasteiger partial charge in [0.05, 0.1) is 5.75 Å². The standard InChI is InChI=1S/C11H22N2O2S/c1-9-3-2-6-12-11(9)7-13-16(14,15)8-10-4-5-10/h9-13H,2-8H2,1H3. The molecule has 1 saturated carbocycles. The number of hydrogen-bond donors (Lipinski definition) is 2. The zero-order chi connectivity index (χ0) is 11.6. The van der Waals surface area contributed by atoms with Crippen molar-refractivity contribution in [2.75, 3.05) is 18.8 Å². The fourth-order valence-corrected chi connectivity index (χ4v) is 3.76. The van der Waals surface area contributed by atoms with Gasteiger partial charge in [0.15, 0.2) is 0 Å². The van der Waals surface area contributed by atoms with Crippen molar-refractivity contribution in [3.05, 3.63) is 0 Å². The van der Waals surface area contributed by atoms with E-state index in [1.807, 2.05) is 0 Å². The van der Waals surface area contributed by atoms with Crippen molar-refractivity contribution in [2.45, 2.75) is 38.6 Å². The largest absolute Gasteiger partial charge is 0.312 e. The first-order valence-electron chi connectivity index (χ1n) is 6.27. The van der Waals surface area contributed by atoms with Gasteiger partial charge in [-0.25, -0.2) is 13.1 Å². The Labute approximate surface area is 98.2 Å². The van der Waals surface area contributed by atoms with Crippen LogP contribution < -0.4 is 10.0 Å². The minimum atomic E-state index is -3.03. The van der Waals surface area contributed by atoms with Crippen LogP contribution in [0.5, 0.6) is 0 Å². The lowest BCUT2D eigenvalue weighted by molar-refractivity contribution is 0.300. The summed E-state index contributed by atoms with van der Waals surface area (Å²) in [6.07, 6.45) is 4.56. The van der Waals surface area contributed by atoms with Gasteiger partial charge >= 0.3 is 0 Å². The highest BCUT2D eigenvalue weighted by molar-refractivity contribution is 7.89. The van der Waals surface area contributed by atoms with E-state index in [2.05, 4.69) is 17.0 Å². The number of sulfonamides is 1. The molecule has 1 aliphatic heterocycles. The van der Waals surface area contributed by atoms with Gasteiger partial charge < -0.3 is 5.32 Å². The van der Waals surface area contributed by atoms with Gasteiger partial charge in [0, 0.05) is 12.6 Å². The van der Waals surface area contributed by atoms with Crippen molar-refractivity contribution in [1.82, 2.24) is 10.0 Å². The molecule has 4 nitrogen and oxygen atoms in total. The van der Waals surface area contributed by atoms with Gasteiger partial charge in [0.1, 0.15) is 0 Å². The Morgan fingerprint density at radius 3 is 2.69 bits per heavy atom. The Morgan fingerprint density at radius 1 is 1.31 bits per heavy atom. The Hall–Kier alpha value is -0.130. The first-order valence-corrected chi connectivity index (χ1v) is 7.93. The smallest absolute Gasteiger partial charge is 0.211 e. The van der Waals surface area contributed by atoms with Gasteiger partial charge in [-0.05, 0) is 44.1 Å². The molecule has 5 heteroatoms. The molecule has 2 unspecified atom stereocenters. The predicted octanol–water partition coefficient (Wildman–Crippen LogP) is 0.704. The van der Waals surface area contributed by atoms with Crippen LogP contribution in [0.4, 0.5) is 0 Å². The van der Waals surface area contributed by atoms with Gasteiger partial charge in [-0.1, -0.05) is 6.92 Å². The van der Waals surface area contributed by atoms with Gasteiger partial charge in [0.2, 0.25) is 10.0 Å². The zero-order valence-corrected chi connectivity index (χ0v) is 10.7. The second-order valence-corrected chi connectivity index (χ2v) is 7.10. The lowest BCUT2D eigenvalue weighted by Gasteiger charge is -2.30. The van der Waals surface area contributed by atoms with Crippen LogP contribution in [0.2, 0.25) is 0 Å². The minimum absolute atomic E-state index is 0.308. The van der Waals surface area contributed by atoms with Crippen molar-refractivity contribution in [3.8, 4) is 0 Å². The Bertz CT molecular complexity index is 325. The summed E-state index contributed by atoms with van der Waals surface area (Å²) in [6.45, 7) is 3.75. The molecule has 2 rings (SSSR count). The van der Waals surface area contributed by atoms with E-state index in [0.29, 0.717) is 30.2 Å².